The third kappa shape index (κ3) is 8.84. The van der Waals surface area contributed by atoms with Crippen LogP contribution in [-0.4, -0.2) is 22.2 Å². The molecule has 2 unspecified atom stereocenters. The van der Waals surface area contributed by atoms with E-state index in [4.69, 9.17) is 0 Å². The fourth-order valence-electron chi connectivity index (χ4n) is 2.66. The Hall–Kier alpha value is -0.900. The molecule has 0 aromatic heterocycles. The predicted octanol–water partition coefficient (Wildman–Crippen LogP) is 6.16. The molecule has 25 heavy (non-hydrogen) atoms. The van der Waals surface area contributed by atoms with E-state index in [0.29, 0.717) is 5.25 Å². The van der Waals surface area contributed by atoms with Gasteiger partial charge in [-0.3, -0.25) is 0 Å². The lowest BCUT2D eigenvalue weighted by Gasteiger charge is -2.18. The van der Waals surface area contributed by atoms with Gasteiger partial charge >= 0.3 is 0 Å². The van der Waals surface area contributed by atoms with Crippen molar-refractivity contribution in [1.29, 1.82) is 0 Å². The lowest BCUT2D eigenvalue weighted by molar-refractivity contribution is 0.157. The average molecular weight is 375 g/mol. The van der Waals surface area contributed by atoms with Crippen molar-refractivity contribution in [2.24, 2.45) is 0 Å². The zero-order chi connectivity index (χ0) is 17.7. The van der Waals surface area contributed by atoms with E-state index < -0.39 is 0 Å². The van der Waals surface area contributed by atoms with E-state index in [2.05, 4.69) is 67.6 Å². The Kier molecular flexibility index (Phi) is 10.2. The molecule has 0 spiro atoms. The van der Waals surface area contributed by atoms with Crippen LogP contribution >= 0.6 is 23.5 Å². The number of hydrogen-bond donors (Lipinski definition) is 1. The Bertz CT molecular complexity index is 559. The van der Waals surface area contributed by atoms with E-state index in [1.54, 1.807) is 0 Å². The molecule has 0 bridgehead atoms. The second-order valence-electron chi connectivity index (χ2n) is 6.38. The van der Waals surface area contributed by atoms with Crippen molar-refractivity contribution in [1.82, 2.24) is 0 Å². The number of hydrogen-bond acceptors (Lipinski definition) is 3. The molecule has 0 amide bonds. The molecule has 0 saturated carbocycles. The number of thioether (sulfide) groups is 2. The molecule has 0 aliphatic carbocycles. The minimum atomic E-state index is -0.142. The molecule has 0 fully saturated rings. The number of aliphatic hydroxyl groups is 1. The van der Waals surface area contributed by atoms with Crippen LogP contribution in [0.3, 0.4) is 0 Å². The zero-order valence-electron chi connectivity index (χ0n) is 15.1. The highest BCUT2D eigenvalue weighted by Gasteiger charge is 2.12. The van der Waals surface area contributed by atoms with Gasteiger partial charge < -0.3 is 5.11 Å². The maximum atomic E-state index is 9.90. The summed E-state index contributed by atoms with van der Waals surface area (Å²) in [7, 11) is 0. The van der Waals surface area contributed by atoms with Gasteiger partial charge in [-0.05, 0) is 42.6 Å². The molecule has 1 N–H and O–H groups in total. The quantitative estimate of drug-likeness (QED) is 0.449. The Balaban J connectivity index is 1.74. The Morgan fingerprint density at radius 2 is 1.40 bits per heavy atom. The smallest absolute Gasteiger partial charge is 0.0538 e. The van der Waals surface area contributed by atoms with Crippen molar-refractivity contribution in [2.45, 2.75) is 55.5 Å². The van der Waals surface area contributed by atoms with Gasteiger partial charge in [0.1, 0.15) is 0 Å². The van der Waals surface area contributed by atoms with Gasteiger partial charge in [-0.15, -0.1) is 0 Å². The monoisotopic (exact) mass is 374 g/mol. The highest BCUT2D eigenvalue weighted by Crippen LogP contribution is 2.27. The lowest BCUT2D eigenvalue weighted by atomic mass is 10.1. The number of benzene rings is 2. The van der Waals surface area contributed by atoms with Crippen LogP contribution in [0.25, 0.3) is 0 Å². The summed E-state index contributed by atoms with van der Waals surface area (Å²) in [4.78, 5) is 0. The van der Waals surface area contributed by atoms with Gasteiger partial charge in [-0.25, -0.2) is 0 Å². The molecule has 0 heterocycles. The largest absolute Gasteiger partial charge is 0.393 e. The summed E-state index contributed by atoms with van der Waals surface area (Å²) >= 11 is 4.07. The summed E-state index contributed by atoms with van der Waals surface area (Å²) in [5.74, 6) is 3.34. The normalized spacial score (nSPS) is 13.5. The van der Waals surface area contributed by atoms with Gasteiger partial charge in [0, 0.05) is 16.8 Å². The summed E-state index contributed by atoms with van der Waals surface area (Å²) in [6.45, 7) is 2.06. The topological polar surface area (TPSA) is 20.2 Å². The minimum Gasteiger partial charge on any atom is -0.393 e. The van der Waals surface area contributed by atoms with Crippen molar-refractivity contribution >= 4 is 23.5 Å². The standard InChI is InChI=1S/C22H30OS2/c1-2-21(23)13-14-22(25-18-20-11-7-4-8-12-20)15-16-24-17-19-9-5-3-6-10-19/h3-12,21-23H,2,13-18H2,1H3. The van der Waals surface area contributed by atoms with Crippen molar-refractivity contribution in [3.63, 3.8) is 0 Å². The van der Waals surface area contributed by atoms with Crippen LogP contribution in [0.15, 0.2) is 60.7 Å². The van der Waals surface area contributed by atoms with Crippen molar-refractivity contribution in [3.8, 4) is 0 Å². The molecule has 0 saturated heterocycles. The number of aliphatic hydroxyl groups excluding tert-OH is 1. The van der Waals surface area contributed by atoms with Gasteiger partial charge in [0.2, 0.25) is 0 Å². The second-order valence-corrected chi connectivity index (χ2v) is 8.78. The van der Waals surface area contributed by atoms with Crippen LogP contribution in [0.2, 0.25) is 0 Å². The van der Waals surface area contributed by atoms with Gasteiger partial charge in [0.25, 0.3) is 0 Å². The summed E-state index contributed by atoms with van der Waals surface area (Å²) in [5, 5.41) is 10.5. The van der Waals surface area contributed by atoms with Crippen molar-refractivity contribution in [3.05, 3.63) is 71.8 Å². The Morgan fingerprint density at radius 3 is 2.00 bits per heavy atom. The maximum absolute atomic E-state index is 9.90. The van der Waals surface area contributed by atoms with Crippen LogP contribution in [0.4, 0.5) is 0 Å². The fraction of sp³-hybridized carbons (Fsp3) is 0.455. The molecule has 2 aromatic rings. The second kappa shape index (κ2) is 12.5. The molecule has 2 atom stereocenters. The van der Waals surface area contributed by atoms with Crippen molar-refractivity contribution in [2.75, 3.05) is 5.75 Å². The Labute approximate surface area is 161 Å². The van der Waals surface area contributed by atoms with E-state index >= 15 is 0 Å². The fourth-order valence-corrected chi connectivity index (χ4v) is 5.04. The SMILES string of the molecule is CCC(O)CCC(CCSCc1ccccc1)SCc1ccccc1. The highest BCUT2D eigenvalue weighted by molar-refractivity contribution is 7.99. The van der Waals surface area contributed by atoms with Crippen LogP contribution in [0.1, 0.15) is 43.7 Å². The number of rotatable bonds is 12. The van der Waals surface area contributed by atoms with Crippen LogP contribution in [0.5, 0.6) is 0 Å². The zero-order valence-corrected chi connectivity index (χ0v) is 16.8. The predicted molar refractivity (Wildman–Crippen MR) is 114 cm³/mol. The lowest BCUT2D eigenvalue weighted by Crippen LogP contribution is -2.11. The summed E-state index contributed by atoms with van der Waals surface area (Å²) < 4.78 is 0. The van der Waals surface area contributed by atoms with E-state index in [1.165, 1.54) is 23.3 Å². The van der Waals surface area contributed by atoms with Crippen LogP contribution < -0.4 is 0 Å². The highest BCUT2D eigenvalue weighted by atomic mass is 32.2. The molecular weight excluding hydrogens is 344 g/mol. The summed E-state index contributed by atoms with van der Waals surface area (Å²) in [6, 6.07) is 21.4. The molecule has 0 aliphatic heterocycles. The van der Waals surface area contributed by atoms with Crippen LogP contribution in [-0.2, 0) is 11.5 Å². The summed E-state index contributed by atoms with van der Waals surface area (Å²) in [5.41, 5.74) is 2.80. The Morgan fingerprint density at radius 1 is 0.800 bits per heavy atom. The average Bonchev–Trinajstić information content (AvgIpc) is 2.68. The third-order valence-corrected chi connectivity index (χ3v) is 6.82. The molecule has 2 rings (SSSR count). The first-order valence-corrected chi connectivity index (χ1v) is 11.4. The van der Waals surface area contributed by atoms with Gasteiger partial charge in [-0.1, -0.05) is 67.6 Å². The maximum Gasteiger partial charge on any atom is 0.0538 e. The first-order chi connectivity index (χ1) is 12.3. The van der Waals surface area contributed by atoms with Gasteiger partial charge in [0.15, 0.2) is 0 Å². The van der Waals surface area contributed by atoms with E-state index in [-0.39, 0.29) is 6.10 Å². The molecule has 3 heteroatoms. The van der Waals surface area contributed by atoms with E-state index in [9.17, 15) is 5.11 Å². The first kappa shape index (κ1) is 20.4. The van der Waals surface area contributed by atoms with E-state index in [1.807, 2.05) is 23.5 Å². The van der Waals surface area contributed by atoms with Gasteiger partial charge in [0.05, 0.1) is 6.10 Å². The van der Waals surface area contributed by atoms with Crippen LogP contribution in [0, 0.1) is 0 Å². The molecule has 0 aliphatic rings. The molecule has 2 aromatic carbocycles. The van der Waals surface area contributed by atoms with Gasteiger partial charge in [-0.2, -0.15) is 23.5 Å². The summed E-state index contributed by atoms with van der Waals surface area (Å²) in [6.07, 6.45) is 3.96. The van der Waals surface area contributed by atoms with E-state index in [0.717, 1.165) is 30.8 Å². The molecule has 1 nitrogen and oxygen atoms in total. The third-order valence-electron chi connectivity index (χ3n) is 4.32. The first-order valence-electron chi connectivity index (χ1n) is 9.23. The minimum absolute atomic E-state index is 0.142. The molecular formula is C22H30OS2. The van der Waals surface area contributed by atoms with Crippen molar-refractivity contribution < 1.29 is 5.11 Å². The molecule has 136 valence electrons. The molecule has 0 radical (unpaired) electrons.